The molecule has 0 aromatic heterocycles. The van der Waals surface area contributed by atoms with Crippen LogP contribution in [0.25, 0.3) is 0 Å². The molecule has 0 saturated carbocycles. The minimum absolute atomic E-state index is 0.0726. The standard InChI is InChI=1S/C7H7NO4S/c1-2-12-5(9)3-4-6(10)8-7(11)13-4/h3H,2H2,1H3,(H,8,10,11). The highest BCUT2D eigenvalue weighted by Crippen LogP contribution is 2.22. The van der Waals surface area contributed by atoms with Crippen molar-refractivity contribution in [3.05, 3.63) is 11.0 Å². The summed E-state index contributed by atoms with van der Waals surface area (Å²) in [6.45, 7) is 1.90. The molecule has 0 bridgehead atoms. The van der Waals surface area contributed by atoms with Gasteiger partial charge in [0.25, 0.3) is 11.1 Å². The van der Waals surface area contributed by atoms with Crippen LogP contribution in [0.3, 0.4) is 0 Å². The smallest absolute Gasteiger partial charge is 0.332 e. The number of carbonyl (C=O) groups excluding carboxylic acids is 3. The Morgan fingerprint density at radius 2 is 2.31 bits per heavy atom. The summed E-state index contributed by atoms with van der Waals surface area (Å²) in [5, 5.41) is 1.55. The zero-order valence-electron chi connectivity index (χ0n) is 6.83. The molecule has 1 aliphatic rings. The largest absolute Gasteiger partial charge is 0.463 e. The van der Waals surface area contributed by atoms with E-state index in [1.54, 1.807) is 6.92 Å². The lowest BCUT2D eigenvalue weighted by atomic mass is 10.4. The summed E-state index contributed by atoms with van der Waals surface area (Å²) < 4.78 is 4.57. The predicted molar refractivity (Wildman–Crippen MR) is 45.8 cm³/mol. The number of ether oxygens (including phenoxy) is 1. The Bertz CT molecular complexity index is 297. The van der Waals surface area contributed by atoms with Gasteiger partial charge in [-0.15, -0.1) is 0 Å². The molecule has 13 heavy (non-hydrogen) atoms. The molecule has 1 N–H and O–H groups in total. The molecule has 1 rings (SSSR count). The second-order valence-electron chi connectivity index (χ2n) is 2.10. The fraction of sp³-hybridized carbons (Fsp3) is 0.286. The Hall–Kier alpha value is -1.30. The van der Waals surface area contributed by atoms with Gasteiger partial charge < -0.3 is 4.74 Å². The first kappa shape index (κ1) is 9.79. The number of amides is 2. The van der Waals surface area contributed by atoms with Gasteiger partial charge in [0.05, 0.1) is 11.5 Å². The average Bonchev–Trinajstić information content (AvgIpc) is 2.30. The van der Waals surface area contributed by atoms with Crippen LogP contribution in [0.15, 0.2) is 11.0 Å². The van der Waals surface area contributed by atoms with E-state index in [4.69, 9.17) is 0 Å². The number of hydrogen-bond acceptors (Lipinski definition) is 5. The molecule has 0 aromatic carbocycles. The van der Waals surface area contributed by atoms with Crippen molar-refractivity contribution in [3.63, 3.8) is 0 Å². The highest BCUT2D eigenvalue weighted by molar-refractivity contribution is 8.18. The molecule has 0 aliphatic carbocycles. The number of hydrogen-bond donors (Lipinski definition) is 1. The molecule has 1 fully saturated rings. The first-order valence-corrected chi connectivity index (χ1v) is 4.36. The molecule has 70 valence electrons. The Kier molecular flexibility index (Phi) is 3.07. The summed E-state index contributed by atoms with van der Waals surface area (Å²) in [7, 11) is 0. The third-order valence-electron chi connectivity index (χ3n) is 1.18. The van der Waals surface area contributed by atoms with Gasteiger partial charge in [0, 0.05) is 6.08 Å². The Balaban J connectivity index is 2.66. The van der Waals surface area contributed by atoms with Crippen molar-refractivity contribution in [3.8, 4) is 0 Å². The molecular formula is C7H7NO4S. The number of esters is 1. The van der Waals surface area contributed by atoms with Crippen LogP contribution >= 0.6 is 11.8 Å². The Morgan fingerprint density at radius 3 is 2.77 bits per heavy atom. The minimum Gasteiger partial charge on any atom is -0.463 e. The van der Waals surface area contributed by atoms with Gasteiger partial charge in [-0.05, 0) is 18.7 Å². The maximum absolute atomic E-state index is 10.9. The SMILES string of the molecule is CCOC(=O)C=C1SC(=O)NC1=O. The second-order valence-corrected chi connectivity index (χ2v) is 3.12. The third-order valence-corrected chi connectivity index (χ3v) is 1.99. The van der Waals surface area contributed by atoms with Crippen molar-refractivity contribution in [2.45, 2.75) is 6.92 Å². The van der Waals surface area contributed by atoms with Crippen molar-refractivity contribution < 1.29 is 19.1 Å². The Labute approximate surface area is 78.5 Å². The maximum atomic E-state index is 10.9. The van der Waals surface area contributed by atoms with Crippen LogP contribution in [0.2, 0.25) is 0 Å². The van der Waals surface area contributed by atoms with Gasteiger partial charge >= 0.3 is 5.97 Å². The van der Waals surface area contributed by atoms with Crippen LogP contribution in [0, 0.1) is 0 Å². The van der Waals surface area contributed by atoms with Crippen LogP contribution in [0.1, 0.15) is 6.92 Å². The lowest BCUT2D eigenvalue weighted by molar-refractivity contribution is -0.137. The van der Waals surface area contributed by atoms with Gasteiger partial charge in [0.15, 0.2) is 0 Å². The molecule has 0 atom stereocenters. The van der Waals surface area contributed by atoms with Gasteiger partial charge in [-0.25, -0.2) is 4.79 Å². The van der Waals surface area contributed by atoms with E-state index in [1.165, 1.54) is 0 Å². The highest BCUT2D eigenvalue weighted by atomic mass is 32.2. The topological polar surface area (TPSA) is 72.5 Å². The lowest BCUT2D eigenvalue weighted by Crippen LogP contribution is -2.18. The summed E-state index contributed by atoms with van der Waals surface area (Å²) in [6.07, 6.45) is 1.01. The molecule has 2 amide bonds. The van der Waals surface area contributed by atoms with Crippen molar-refractivity contribution in [2.24, 2.45) is 0 Å². The van der Waals surface area contributed by atoms with E-state index in [0.29, 0.717) is 11.8 Å². The average molecular weight is 201 g/mol. The molecule has 6 heteroatoms. The third kappa shape index (κ3) is 2.59. The van der Waals surface area contributed by atoms with Gasteiger partial charge in [-0.3, -0.25) is 14.9 Å². The number of carbonyl (C=O) groups is 3. The molecule has 0 unspecified atom stereocenters. The quantitative estimate of drug-likeness (QED) is 0.517. The molecule has 5 nitrogen and oxygen atoms in total. The van der Waals surface area contributed by atoms with Crippen LogP contribution < -0.4 is 5.32 Å². The van der Waals surface area contributed by atoms with E-state index in [1.807, 2.05) is 5.32 Å². The summed E-state index contributed by atoms with van der Waals surface area (Å²) in [6, 6.07) is 0. The van der Waals surface area contributed by atoms with E-state index >= 15 is 0 Å². The first-order chi connectivity index (χ1) is 6.13. The first-order valence-electron chi connectivity index (χ1n) is 3.55. The number of thioether (sulfide) groups is 1. The zero-order chi connectivity index (χ0) is 9.84. The zero-order valence-corrected chi connectivity index (χ0v) is 7.64. The van der Waals surface area contributed by atoms with Gasteiger partial charge in [0.2, 0.25) is 0 Å². The fourth-order valence-corrected chi connectivity index (χ4v) is 1.35. The molecule has 1 saturated heterocycles. The molecule has 0 aromatic rings. The molecule has 1 aliphatic heterocycles. The highest BCUT2D eigenvalue weighted by Gasteiger charge is 2.26. The summed E-state index contributed by atoms with van der Waals surface area (Å²) in [4.78, 5) is 32.5. The van der Waals surface area contributed by atoms with E-state index in [2.05, 4.69) is 4.74 Å². The van der Waals surface area contributed by atoms with Gasteiger partial charge in [0.1, 0.15) is 0 Å². The number of imide groups is 1. The normalized spacial score (nSPS) is 19.0. The summed E-state index contributed by atoms with van der Waals surface area (Å²) >= 11 is 0.689. The van der Waals surface area contributed by atoms with Gasteiger partial charge in [-0.1, -0.05) is 0 Å². The van der Waals surface area contributed by atoms with Crippen LogP contribution in [-0.4, -0.2) is 23.7 Å². The van der Waals surface area contributed by atoms with E-state index in [0.717, 1.165) is 6.08 Å². The van der Waals surface area contributed by atoms with E-state index in [-0.39, 0.29) is 11.5 Å². The van der Waals surface area contributed by atoms with Crippen molar-refractivity contribution in [2.75, 3.05) is 6.61 Å². The number of rotatable bonds is 2. The maximum Gasteiger partial charge on any atom is 0.332 e. The summed E-state index contributed by atoms with van der Waals surface area (Å²) in [5.41, 5.74) is 0. The Morgan fingerprint density at radius 1 is 1.62 bits per heavy atom. The molecule has 1 heterocycles. The van der Waals surface area contributed by atoms with E-state index in [9.17, 15) is 14.4 Å². The van der Waals surface area contributed by atoms with Gasteiger partial charge in [-0.2, -0.15) is 0 Å². The summed E-state index contributed by atoms with van der Waals surface area (Å²) in [5.74, 6) is -1.17. The minimum atomic E-state index is -0.616. The lowest BCUT2D eigenvalue weighted by Gasteiger charge is -1.94. The van der Waals surface area contributed by atoms with Crippen molar-refractivity contribution in [1.82, 2.24) is 5.32 Å². The number of nitrogens with one attached hydrogen (secondary N) is 1. The molecule has 0 spiro atoms. The van der Waals surface area contributed by atoms with Crippen LogP contribution in [-0.2, 0) is 14.3 Å². The van der Waals surface area contributed by atoms with E-state index < -0.39 is 17.1 Å². The monoisotopic (exact) mass is 201 g/mol. The molecule has 0 radical (unpaired) electrons. The second kappa shape index (κ2) is 4.08. The van der Waals surface area contributed by atoms with Crippen LogP contribution in [0.4, 0.5) is 4.79 Å². The molecular weight excluding hydrogens is 194 g/mol. The predicted octanol–water partition coefficient (Wildman–Crippen LogP) is 0.416. The van der Waals surface area contributed by atoms with Crippen LogP contribution in [0.5, 0.6) is 0 Å². The fourth-order valence-electron chi connectivity index (χ4n) is 0.712. The van der Waals surface area contributed by atoms with Crippen molar-refractivity contribution >= 4 is 28.9 Å². The van der Waals surface area contributed by atoms with Crippen molar-refractivity contribution in [1.29, 1.82) is 0 Å².